The monoisotopic (exact) mass is 420 g/mol. The quantitative estimate of drug-likeness (QED) is 0.692. The summed E-state index contributed by atoms with van der Waals surface area (Å²) >= 11 is 1.65. The minimum absolute atomic E-state index is 0.222. The Kier molecular flexibility index (Phi) is 7.61. The van der Waals surface area contributed by atoms with Crippen LogP contribution in [0, 0.1) is 5.82 Å². The number of thioether (sulfide) groups is 1. The second-order valence-electron chi connectivity index (χ2n) is 7.24. The number of halogens is 1. The summed E-state index contributed by atoms with van der Waals surface area (Å²) < 4.78 is 19.0. The highest BCUT2D eigenvalue weighted by Crippen LogP contribution is 2.35. The van der Waals surface area contributed by atoms with E-state index in [9.17, 15) is 14.3 Å². The molecule has 0 aromatic heterocycles. The van der Waals surface area contributed by atoms with Gasteiger partial charge in [0, 0.05) is 19.6 Å². The van der Waals surface area contributed by atoms with E-state index in [1.165, 1.54) is 6.07 Å². The van der Waals surface area contributed by atoms with Gasteiger partial charge in [-0.05, 0) is 54.9 Å². The first-order valence-corrected chi connectivity index (χ1v) is 11.2. The molecule has 1 saturated heterocycles. The lowest BCUT2D eigenvalue weighted by molar-refractivity contribution is -0.133. The van der Waals surface area contributed by atoms with Crippen LogP contribution in [0.25, 0.3) is 0 Å². The van der Waals surface area contributed by atoms with Gasteiger partial charge in [-0.25, -0.2) is 9.18 Å². The second kappa shape index (κ2) is 10.2. The van der Waals surface area contributed by atoms with Gasteiger partial charge >= 0.3 is 5.97 Å². The molecule has 1 aromatic rings. The normalized spacial score (nSPS) is 20.1. The summed E-state index contributed by atoms with van der Waals surface area (Å²) in [6.45, 7) is 7.59. The zero-order valence-electron chi connectivity index (χ0n) is 17.1. The molecule has 2 aliphatic heterocycles. The largest absolute Gasteiger partial charge is 0.478 e. The molecule has 0 amide bonds. The number of carboxylic acid groups (broad SMARTS) is 1. The zero-order valence-corrected chi connectivity index (χ0v) is 17.9. The third-order valence-electron chi connectivity index (χ3n) is 5.24. The molecule has 1 aromatic carbocycles. The molecular formula is C22H29FN2O3S. The van der Waals surface area contributed by atoms with E-state index >= 15 is 0 Å². The average molecular weight is 421 g/mol. The Labute approximate surface area is 176 Å². The summed E-state index contributed by atoms with van der Waals surface area (Å²) in [5.74, 6) is 0.813. The van der Waals surface area contributed by atoms with Crippen LogP contribution >= 0.6 is 11.8 Å². The molecule has 7 heteroatoms. The molecule has 1 unspecified atom stereocenters. The molecular weight excluding hydrogens is 391 g/mol. The van der Waals surface area contributed by atoms with Gasteiger partial charge in [-0.15, -0.1) is 11.8 Å². The molecule has 0 saturated carbocycles. The molecule has 0 radical (unpaired) electrons. The summed E-state index contributed by atoms with van der Waals surface area (Å²) in [5, 5.41) is 9.62. The van der Waals surface area contributed by atoms with Gasteiger partial charge in [-0.2, -0.15) is 0 Å². The Morgan fingerprint density at radius 1 is 1.34 bits per heavy atom. The minimum Gasteiger partial charge on any atom is -0.478 e. The SMILES string of the molecule is CCSC1C(C(=O)O)=C(C)C=C(N2CCOCC2)N1CCCc1cccc(F)c1. The van der Waals surface area contributed by atoms with Crippen molar-refractivity contribution in [1.29, 1.82) is 0 Å². The van der Waals surface area contributed by atoms with E-state index in [2.05, 4.69) is 16.7 Å². The highest BCUT2D eigenvalue weighted by molar-refractivity contribution is 8.00. The van der Waals surface area contributed by atoms with Crippen LogP contribution in [0.15, 0.2) is 47.3 Å². The van der Waals surface area contributed by atoms with Gasteiger partial charge in [0.15, 0.2) is 0 Å². The first-order chi connectivity index (χ1) is 14.0. The number of carbonyl (C=O) groups is 1. The van der Waals surface area contributed by atoms with E-state index in [4.69, 9.17) is 4.74 Å². The number of benzene rings is 1. The smallest absolute Gasteiger partial charge is 0.334 e. The maximum atomic E-state index is 13.5. The van der Waals surface area contributed by atoms with Crippen molar-refractivity contribution in [1.82, 2.24) is 9.80 Å². The molecule has 1 atom stereocenters. The molecule has 0 spiro atoms. The van der Waals surface area contributed by atoms with Crippen molar-refractivity contribution in [2.45, 2.75) is 32.1 Å². The molecule has 3 rings (SSSR count). The Hall–Kier alpha value is -1.99. The number of aryl methyl sites for hydroxylation is 1. The van der Waals surface area contributed by atoms with Crippen molar-refractivity contribution in [3.05, 3.63) is 58.7 Å². The fraction of sp³-hybridized carbons (Fsp3) is 0.500. The van der Waals surface area contributed by atoms with E-state index < -0.39 is 5.97 Å². The van der Waals surface area contributed by atoms with Crippen molar-refractivity contribution in [3.8, 4) is 0 Å². The number of allylic oxidation sites excluding steroid dienone is 2. The molecule has 1 fully saturated rings. The van der Waals surface area contributed by atoms with Gasteiger partial charge in [-0.3, -0.25) is 0 Å². The molecule has 158 valence electrons. The van der Waals surface area contributed by atoms with Gasteiger partial charge < -0.3 is 19.6 Å². The van der Waals surface area contributed by atoms with E-state index in [-0.39, 0.29) is 11.2 Å². The Morgan fingerprint density at radius 3 is 2.76 bits per heavy atom. The van der Waals surface area contributed by atoms with E-state index in [0.29, 0.717) is 25.3 Å². The van der Waals surface area contributed by atoms with Crippen LogP contribution in [0.2, 0.25) is 0 Å². The van der Waals surface area contributed by atoms with Crippen LogP contribution in [0.4, 0.5) is 4.39 Å². The first kappa shape index (κ1) is 21.7. The highest BCUT2D eigenvalue weighted by atomic mass is 32.2. The topological polar surface area (TPSA) is 53.0 Å². The van der Waals surface area contributed by atoms with Crippen molar-refractivity contribution in [2.75, 3.05) is 38.6 Å². The summed E-state index contributed by atoms with van der Waals surface area (Å²) in [7, 11) is 0. The van der Waals surface area contributed by atoms with Gasteiger partial charge in [0.1, 0.15) is 17.0 Å². The van der Waals surface area contributed by atoms with Crippen LogP contribution in [-0.2, 0) is 16.0 Å². The Bertz CT molecular complexity index is 790. The van der Waals surface area contributed by atoms with Gasteiger partial charge in [0.05, 0.1) is 18.8 Å². The number of aliphatic carboxylic acids is 1. The fourth-order valence-electron chi connectivity index (χ4n) is 3.87. The van der Waals surface area contributed by atoms with E-state index in [1.807, 2.05) is 19.1 Å². The lowest BCUT2D eigenvalue weighted by Crippen LogP contribution is -2.48. The van der Waals surface area contributed by atoms with Crippen LogP contribution in [-0.4, -0.2) is 64.9 Å². The summed E-state index contributed by atoms with van der Waals surface area (Å²) in [4.78, 5) is 16.5. The second-order valence-corrected chi connectivity index (χ2v) is 8.60. The molecule has 0 aliphatic carbocycles. The van der Waals surface area contributed by atoms with Crippen LogP contribution in [0.1, 0.15) is 25.8 Å². The Morgan fingerprint density at radius 2 is 2.10 bits per heavy atom. The zero-order chi connectivity index (χ0) is 20.8. The molecule has 5 nitrogen and oxygen atoms in total. The molecule has 1 N–H and O–H groups in total. The molecule has 0 bridgehead atoms. The lowest BCUT2D eigenvalue weighted by Gasteiger charge is -2.44. The Balaban J connectivity index is 1.83. The first-order valence-electron chi connectivity index (χ1n) is 10.1. The number of hydrogen-bond acceptors (Lipinski definition) is 5. The highest BCUT2D eigenvalue weighted by Gasteiger charge is 2.35. The maximum absolute atomic E-state index is 13.5. The summed E-state index contributed by atoms with van der Waals surface area (Å²) in [5.41, 5.74) is 2.23. The maximum Gasteiger partial charge on any atom is 0.334 e. The fourth-order valence-corrected chi connectivity index (χ4v) is 5.04. The van der Waals surface area contributed by atoms with Crippen LogP contribution in [0.3, 0.4) is 0 Å². The van der Waals surface area contributed by atoms with Crippen molar-refractivity contribution < 1.29 is 19.0 Å². The number of hydrogen-bond donors (Lipinski definition) is 1. The van der Waals surface area contributed by atoms with E-state index in [1.54, 1.807) is 23.9 Å². The number of rotatable bonds is 8. The third-order valence-corrected chi connectivity index (χ3v) is 6.38. The number of ether oxygens (including phenoxy) is 1. The molecule has 2 heterocycles. The lowest BCUT2D eigenvalue weighted by atomic mass is 10.0. The van der Waals surface area contributed by atoms with Gasteiger partial charge in [-0.1, -0.05) is 19.1 Å². The van der Waals surface area contributed by atoms with Gasteiger partial charge in [0.25, 0.3) is 0 Å². The third kappa shape index (κ3) is 5.34. The predicted octanol–water partition coefficient (Wildman–Crippen LogP) is 3.73. The van der Waals surface area contributed by atoms with Gasteiger partial charge in [0.2, 0.25) is 0 Å². The molecule has 2 aliphatic rings. The van der Waals surface area contributed by atoms with Crippen molar-refractivity contribution in [2.24, 2.45) is 0 Å². The number of carboxylic acids is 1. The van der Waals surface area contributed by atoms with Crippen molar-refractivity contribution >= 4 is 17.7 Å². The average Bonchev–Trinajstić information content (AvgIpc) is 2.70. The number of morpholine rings is 1. The summed E-state index contributed by atoms with van der Waals surface area (Å²) in [6, 6.07) is 6.69. The standard InChI is InChI=1S/C22H29FN2O3S/c1-3-29-21-20(22(26)27)16(2)14-19(24-10-12-28-13-11-24)25(21)9-5-7-17-6-4-8-18(23)15-17/h4,6,8,14-15,21H,3,5,7,9-13H2,1-2H3,(H,26,27). The van der Waals surface area contributed by atoms with Crippen LogP contribution in [0.5, 0.6) is 0 Å². The number of nitrogens with zero attached hydrogens (tertiary/aromatic N) is 2. The van der Waals surface area contributed by atoms with Crippen LogP contribution < -0.4 is 0 Å². The van der Waals surface area contributed by atoms with E-state index in [0.717, 1.165) is 48.6 Å². The molecule has 29 heavy (non-hydrogen) atoms. The minimum atomic E-state index is -0.860. The predicted molar refractivity (Wildman–Crippen MR) is 114 cm³/mol. The van der Waals surface area contributed by atoms with Crippen molar-refractivity contribution in [3.63, 3.8) is 0 Å². The summed E-state index contributed by atoms with van der Waals surface area (Å²) in [6.07, 6.45) is 3.57.